The van der Waals surface area contributed by atoms with E-state index in [9.17, 15) is 4.79 Å². The van der Waals surface area contributed by atoms with Gasteiger partial charge in [0, 0.05) is 16.5 Å². The Balaban J connectivity index is 2.11. The molecule has 0 fully saturated rings. The predicted molar refractivity (Wildman–Crippen MR) is 107 cm³/mol. The van der Waals surface area contributed by atoms with Crippen LogP contribution in [0.25, 0.3) is 22.4 Å². The van der Waals surface area contributed by atoms with Crippen molar-refractivity contribution in [2.45, 2.75) is 20.3 Å². The predicted octanol–water partition coefficient (Wildman–Crippen LogP) is 4.90. The number of aromatic nitrogens is 1. The van der Waals surface area contributed by atoms with Gasteiger partial charge in [-0.15, -0.1) is 11.3 Å². The number of carboxylic acid groups (broad SMARTS) is 1. The summed E-state index contributed by atoms with van der Waals surface area (Å²) in [6.45, 7) is 4.92. The zero-order valence-electron chi connectivity index (χ0n) is 15.3. The van der Waals surface area contributed by atoms with Gasteiger partial charge in [-0.3, -0.25) is 4.79 Å². The molecule has 1 N–H and O–H groups in total. The lowest BCUT2D eigenvalue weighted by Gasteiger charge is -2.16. The van der Waals surface area contributed by atoms with Crippen LogP contribution >= 0.6 is 11.3 Å². The molecule has 0 saturated heterocycles. The Bertz CT molecular complexity index is 921. The Kier molecular flexibility index (Phi) is 6.08. The maximum atomic E-state index is 10.9. The fourth-order valence-electron chi connectivity index (χ4n) is 2.80. The Morgan fingerprint density at radius 3 is 2.30 bits per heavy atom. The van der Waals surface area contributed by atoms with Crippen LogP contribution < -0.4 is 9.47 Å². The standard InChI is InChI=1S/C21H21NO4S/c1-3-25-18-11-16(17-13-27-20(22-17)12-21(23)24)19(26-4-2)10-15(18)14-8-6-5-7-9-14/h5-11,13H,3-4,12H2,1-2H3,(H,23,24). The van der Waals surface area contributed by atoms with Gasteiger partial charge in [0.15, 0.2) is 0 Å². The van der Waals surface area contributed by atoms with E-state index in [1.54, 1.807) is 0 Å². The van der Waals surface area contributed by atoms with Gasteiger partial charge in [-0.25, -0.2) is 4.98 Å². The largest absolute Gasteiger partial charge is 0.493 e. The molecule has 0 unspecified atom stereocenters. The van der Waals surface area contributed by atoms with Crippen molar-refractivity contribution in [1.82, 2.24) is 4.98 Å². The number of carbonyl (C=O) groups is 1. The van der Waals surface area contributed by atoms with E-state index in [0.29, 0.717) is 29.7 Å². The number of benzene rings is 2. The van der Waals surface area contributed by atoms with Crippen LogP contribution in [0, 0.1) is 0 Å². The lowest BCUT2D eigenvalue weighted by Crippen LogP contribution is -2.01. The first-order chi connectivity index (χ1) is 13.1. The van der Waals surface area contributed by atoms with Crippen molar-refractivity contribution in [2.24, 2.45) is 0 Å². The van der Waals surface area contributed by atoms with E-state index in [2.05, 4.69) is 4.98 Å². The zero-order chi connectivity index (χ0) is 19.2. The monoisotopic (exact) mass is 383 g/mol. The topological polar surface area (TPSA) is 68.7 Å². The summed E-state index contributed by atoms with van der Waals surface area (Å²) in [4.78, 5) is 15.4. The molecule has 140 valence electrons. The summed E-state index contributed by atoms with van der Waals surface area (Å²) in [5.41, 5.74) is 3.48. The van der Waals surface area contributed by atoms with Gasteiger partial charge < -0.3 is 14.6 Å². The second kappa shape index (κ2) is 8.68. The van der Waals surface area contributed by atoms with Crippen LogP contribution in [-0.4, -0.2) is 29.3 Å². The van der Waals surface area contributed by atoms with Crippen LogP contribution in [0.2, 0.25) is 0 Å². The Hall–Kier alpha value is -2.86. The summed E-state index contributed by atoms with van der Waals surface area (Å²) >= 11 is 1.33. The lowest BCUT2D eigenvalue weighted by atomic mass is 10.0. The molecule has 1 aromatic heterocycles. The maximum Gasteiger partial charge on any atom is 0.310 e. The molecule has 5 nitrogen and oxygen atoms in total. The Morgan fingerprint density at radius 1 is 1.04 bits per heavy atom. The molecule has 0 aliphatic heterocycles. The highest BCUT2D eigenvalue weighted by molar-refractivity contribution is 7.10. The third kappa shape index (κ3) is 4.46. The molecule has 0 aliphatic rings. The molecule has 0 saturated carbocycles. The Labute approximate surface area is 162 Å². The van der Waals surface area contributed by atoms with Crippen LogP contribution in [0.5, 0.6) is 11.5 Å². The smallest absolute Gasteiger partial charge is 0.310 e. The highest BCUT2D eigenvalue weighted by Crippen LogP contribution is 2.41. The molecule has 3 rings (SSSR count). The SMILES string of the molecule is CCOc1cc(-c2csc(CC(=O)O)n2)c(OCC)cc1-c1ccccc1. The molecule has 0 aliphatic carbocycles. The van der Waals surface area contributed by atoms with Crippen LogP contribution in [0.15, 0.2) is 47.8 Å². The quantitative estimate of drug-likeness (QED) is 0.599. The lowest BCUT2D eigenvalue weighted by molar-refractivity contribution is -0.136. The van der Waals surface area contributed by atoms with Crippen LogP contribution in [0.4, 0.5) is 0 Å². The minimum atomic E-state index is -0.893. The highest BCUT2D eigenvalue weighted by atomic mass is 32.1. The van der Waals surface area contributed by atoms with Crippen molar-refractivity contribution in [1.29, 1.82) is 0 Å². The first-order valence-electron chi connectivity index (χ1n) is 8.78. The maximum absolute atomic E-state index is 10.9. The van der Waals surface area contributed by atoms with Gasteiger partial charge in [0.05, 0.1) is 25.3 Å². The molecule has 0 spiro atoms. The number of rotatable bonds is 8. The molecule has 2 aromatic carbocycles. The van der Waals surface area contributed by atoms with Gasteiger partial charge >= 0.3 is 5.97 Å². The van der Waals surface area contributed by atoms with E-state index in [1.807, 2.05) is 61.7 Å². The molecular weight excluding hydrogens is 362 g/mol. The number of hydrogen-bond acceptors (Lipinski definition) is 5. The van der Waals surface area contributed by atoms with Gasteiger partial charge in [-0.05, 0) is 31.5 Å². The van der Waals surface area contributed by atoms with Crippen molar-refractivity contribution in [3.8, 4) is 33.9 Å². The summed E-state index contributed by atoms with van der Waals surface area (Å²) in [5, 5.41) is 11.4. The molecule has 0 bridgehead atoms. The normalized spacial score (nSPS) is 10.6. The van der Waals surface area contributed by atoms with Crippen molar-refractivity contribution in [2.75, 3.05) is 13.2 Å². The van der Waals surface area contributed by atoms with Gasteiger partial charge in [0.2, 0.25) is 0 Å². The molecule has 3 aromatic rings. The molecule has 27 heavy (non-hydrogen) atoms. The molecule has 1 heterocycles. The van der Waals surface area contributed by atoms with Crippen molar-refractivity contribution in [3.63, 3.8) is 0 Å². The van der Waals surface area contributed by atoms with E-state index in [4.69, 9.17) is 14.6 Å². The van der Waals surface area contributed by atoms with Crippen molar-refractivity contribution >= 4 is 17.3 Å². The van der Waals surface area contributed by atoms with Crippen LogP contribution in [-0.2, 0) is 11.2 Å². The van der Waals surface area contributed by atoms with Gasteiger partial charge in [0.1, 0.15) is 16.5 Å². The average molecular weight is 383 g/mol. The summed E-state index contributed by atoms with van der Waals surface area (Å²) in [5.74, 6) is 0.553. The minimum Gasteiger partial charge on any atom is -0.493 e. The molecule has 0 amide bonds. The summed E-state index contributed by atoms with van der Waals surface area (Å²) in [6, 6.07) is 13.9. The third-order valence-electron chi connectivity index (χ3n) is 3.90. The average Bonchev–Trinajstić information content (AvgIpc) is 3.11. The number of thiazole rings is 1. The minimum absolute atomic E-state index is 0.0882. The number of hydrogen-bond donors (Lipinski definition) is 1. The summed E-state index contributed by atoms with van der Waals surface area (Å²) in [6.07, 6.45) is -0.0882. The highest BCUT2D eigenvalue weighted by Gasteiger charge is 2.17. The van der Waals surface area contributed by atoms with Crippen LogP contribution in [0.1, 0.15) is 18.9 Å². The number of ether oxygens (including phenoxy) is 2. The number of nitrogens with zero attached hydrogens (tertiary/aromatic N) is 1. The van der Waals surface area contributed by atoms with E-state index < -0.39 is 5.97 Å². The molecule has 6 heteroatoms. The third-order valence-corrected chi connectivity index (χ3v) is 4.75. The number of aliphatic carboxylic acids is 1. The van der Waals surface area contributed by atoms with E-state index in [-0.39, 0.29) is 6.42 Å². The van der Waals surface area contributed by atoms with Gasteiger partial charge in [0.25, 0.3) is 0 Å². The van der Waals surface area contributed by atoms with Gasteiger partial charge in [-0.2, -0.15) is 0 Å². The van der Waals surface area contributed by atoms with Crippen LogP contribution in [0.3, 0.4) is 0 Å². The fraction of sp³-hybridized carbons (Fsp3) is 0.238. The summed E-state index contributed by atoms with van der Waals surface area (Å²) in [7, 11) is 0. The second-order valence-corrected chi connectivity index (χ2v) is 6.72. The first-order valence-corrected chi connectivity index (χ1v) is 9.66. The van der Waals surface area contributed by atoms with Gasteiger partial charge in [-0.1, -0.05) is 30.3 Å². The second-order valence-electron chi connectivity index (χ2n) is 5.77. The first kappa shape index (κ1) is 18.9. The Morgan fingerprint density at radius 2 is 1.67 bits per heavy atom. The van der Waals surface area contributed by atoms with Crippen molar-refractivity contribution in [3.05, 3.63) is 52.9 Å². The van der Waals surface area contributed by atoms with Crippen molar-refractivity contribution < 1.29 is 19.4 Å². The molecule has 0 radical (unpaired) electrons. The molecule has 0 atom stereocenters. The number of carboxylic acids is 1. The van der Waals surface area contributed by atoms with E-state index >= 15 is 0 Å². The summed E-state index contributed by atoms with van der Waals surface area (Å²) < 4.78 is 11.8. The van der Waals surface area contributed by atoms with E-state index in [0.717, 1.165) is 22.4 Å². The zero-order valence-corrected chi connectivity index (χ0v) is 16.1. The molecular formula is C21H21NO4S. The fourth-order valence-corrected chi connectivity index (χ4v) is 3.58. The van der Waals surface area contributed by atoms with E-state index in [1.165, 1.54) is 11.3 Å².